The van der Waals surface area contributed by atoms with Crippen LogP contribution in [0.1, 0.15) is 44.2 Å². The van der Waals surface area contributed by atoms with Crippen LogP contribution in [0.2, 0.25) is 0 Å². The third-order valence-electron chi connectivity index (χ3n) is 3.68. The van der Waals surface area contributed by atoms with Gasteiger partial charge in [-0.1, -0.05) is 26.0 Å². The predicted octanol–water partition coefficient (Wildman–Crippen LogP) is 3.27. The van der Waals surface area contributed by atoms with Crippen LogP contribution in [0.4, 0.5) is 0 Å². The molecule has 1 heterocycles. The fourth-order valence-electron chi connectivity index (χ4n) is 2.44. The average Bonchev–Trinajstić information content (AvgIpc) is 2.98. The zero-order chi connectivity index (χ0) is 14.5. The maximum absolute atomic E-state index is 10.9. The second-order valence-electron chi connectivity index (χ2n) is 5.01. The van der Waals surface area contributed by atoms with Crippen molar-refractivity contribution in [2.24, 2.45) is 0 Å². The first-order chi connectivity index (χ1) is 9.61. The van der Waals surface area contributed by atoms with Crippen LogP contribution < -0.4 is 0 Å². The molecule has 108 valence electrons. The Kier molecular flexibility index (Phi) is 5.09. The fraction of sp³-hybridized carbons (Fsp3) is 0.400. The standard InChI is InChI=1S/C15H20N2O2S/c1-3-14(17-9-8-16-11-17)10-12(2)13-4-6-15(7-5-13)20(18)19/h4-9,11-12,14H,3,10H2,1-2H3,(H,18,19)/p-1. The van der Waals surface area contributed by atoms with E-state index in [1.807, 2.05) is 24.7 Å². The van der Waals surface area contributed by atoms with Gasteiger partial charge < -0.3 is 9.12 Å². The van der Waals surface area contributed by atoms with E-state index in [1.165, 1.54) is 0 Å². The molecule has 0 amide bonds. The Labute approximate surface area is 122 Å². The maximum atomic E-state index is 10.9. The zero-order valence-electron chi connectivity index (χ0n) is 11.7. The molecule has 2 aromatic rings. The number of nitrogens with zero attached hydrogens (tertiary/aromatic N) is 2. The maximum Gasteiger partial charge on any atom is 0.0948 e. The van der Waals surface area contributed by atoms with E-state index in [9.17, 15) is 8.76 Å². The van der Waals surface area contributed by atoms with E-state index in [1.54, 1.807) is 18.3 Å². The lowest BCUT2D eigenvalue weighted by atomic mass is 9.93. The Morgan fingerprint density at radius 1 is 1.35 bits per heavy atom. The van der Waals surface area contributed by atoms with Crippen molar-refractivity contribution in [1.82, 2.24) is 9.55 Å². The molecule has 3 atom stereocenters. The molecule has 4 nitrogen and oxygen atoms in total. The van der Waals surface area contributed by atoms with Gasteiger partial charge in [0.25, 0.3) is 0 Å². The summed E-state index contributed by atoms with van der Waals surface area (Å²) < 4.78 is 23.8. The molecule has 0 saturated heterocycles. The summed E-state index contributed by atoms with van der Waals surface area (Å²) in [6.07, 6.45) is 7.69. The van der Waals surface area contributed by atoms with Crippen molar-refractivity contribution < 1.29 is 8.76 Å². The van der Waals surface area contributed by atoms with Crippen molar-refractivity contribution in [3.63, 3.8) is 0 Å². The van der Waals surface area contributed by atoms with E-state index in [-0.39, 0.29) is 0 Å². The van der Waals surface area contributed by atoms with Crippen molar-refractivity contribution >= 4 is 11.1 Å². The molecule has 0 fully saturated rings. The lowest BCUT2D eigenvalue weighted by molar-refractivity contribution is 0.421. The van der Waals surface area contributed by atoms with Crippen molar-refractivity contribution in [1.29, 1.82) is 0 Å². The molecule has 1 aromatic heterocycles. The second-order valence-corrected chi connectivity index (χ2v) is 5.95. The first-order valence-electron chi connectivity index (χ1n) is 6.78. The lowest BCUT2D eigenvalue weighted by Crippen LogP contribution is -2.09. The van der Waals surface area contributed by atoms with Crippen LogP contribution in [0.25, 0.3) is 0 Å². The minimum Gasteiger partial charge on any atom is -0.768 e. The average molecular weight is 291 g/mol. The molecule has 0 aliphatic carbocycles. The van der Waals surface area contributed by atoms with Crippen LogP contribution in [0.5, 0.6) is 0 Å². The first-order valence-corrected chi connectivity index (χ1v) is 7.86. The van der Waals surface area contributed by atoms with Gasteiger partial charge in [-0.3, -0.25) is 4.21 Å². The highest BCUT2D eigenvalue weighted by Crippen LogP contribution is 2.28. The summed E-state index contributed by atoms with van der Waals surface area (Å²) in [5.74, 6) is 0.372. The zero-order valence-corrected chi connectivity index (χ0v) is 12.5. The van der Waals surface area contributed by atoms with E-state index >= 15 is 0 Å². The molecule has 0 aliphatic rings. The van der Waals surface area contributed by atoms with Crippen LogP contribution in [-0.4, -0.2) is 18.3 Å². The van der Waals surface area contributed by atoms with Gasteiger partial charge in [0, 0.05) is 23.3 Å². The lowest BCUT2D eigenvalue weighted by Gasteiger charge is -2.21. The summed E-state index contributed by atoms with van der Waals surface area (Å²) in [4.78, 5) is 4.43. The Morgan fingerprint density at radius 2 is 2.05 bits per heavy atom. The first kappa shape index (κ1) is 14.9. The summed E-state index contributed by atoms with van der Waals surface area (Å²) in [5, 5.41) is 0. The van der Waals surface area contributed by atoms with Gasteiger partial charge in [-0.25, -0.2) is 4.98 Å². The van der Waals surface area contributed by atoms with Crippen LogP contribution in [0, 0.1) is 0 Å². The molecular weight excluding hydrogens is 272 g/mol. The van der Waals surface area contributed by atoms with Crippen molar-refractivity contribution in [3.8, 4) is 0 Å². The minimum absolute atomic E-state index is 0.336. The molecule has 3 unspecified atom stereocenters. The molecule has 5 heteroatoms. The minimum atomic E-state index is -2.15. The monoisotopic (exact) mass is 291 g/mol. The highest BCUT2D eigenvalue weighted by molar-refractivity contribution is 7.79. The quantitative estimate of drug-likeness (QED) is 0.767. The largest absolute Gasteiger partial charge is 0.768 e. The molecule has 2 rings (SSSR count). The van der Waals surface area contributed by atoms with E-state index in [0.29, 0.717) is 16.9 Å². The summed E-state index contributed by atoms with van der Waals surface area (Å²) in [7, 11) is 0. The van der Waals surface area contributed by atoms with Crippen LogP contribution in [0.3, 0.4) is 0 Å². The van der Waals surface area contributed by atoms with Crippen molar-refractivity contribution in [2.45, 2.75) is 43.5 Å². The van der Waals surface area contributed by atoms with E-state index < -0.39 is 11.1 Å². The van der Waals surface area contributed by atoms with Gasteiger partial charge in [0.05, 0.1) is 6.33 Å². The van der Waals surface area contributed by atoms with Crippen LogP contribution in [-0.2, 0) is 11.1 Å². The third-order valence-corrected chi connectivity index (χ3v) is 4.34. The highest BCUT2D eigenvalue weighted by Gasteiger charge is 2.14. The van der Waals surface area contributed by atoms with Gasteiger partial charge >= 0.3 is 0 Å². The van der Waals surface area contributed by atoms with Crippen molar-refractivity contribution in [3.05, 3.63) is 48.5 Å². The topological polar surface area (TPSA) is 57.9 Å². The smallest absolute Gasteiger partial charge is 0.0948 e. The molecule has 1 aromatic carbocycles. The van der Waals surface area contributed by atoms with Gasteiger partial charge in [-0.05, 0) is 47.5 Å². The van der Waals surface area contributed by atoms with Crippen LogP contribution in [0.15, 0.2) is 47.9 Å². The van der Waals surface area contributed by atoms with E-state index in [0.717, 1.165) is 18.4 Å². The Morgan fingerprint density at radius 3 is 2.55 bits per heavy atom. The van der Waals surface area contributed by atoms with Crippen molar-refractivity contribution in [2.75, 3.05) is 0 Å². The predicted molar refractivity (Wildman–Crippen MR) is 78.2 cm³/mol. The fourth-order valence-corrected chi connectivity index (χ4v) is 2.79. The van der Waals surface area contributed by atoms with Gasteiger partial charge in [0.1, 0.15) is 0 Å². The van der Waals surface area contributed by atoms with Crippen LogP contribution >= 0.6 is 0 Å². The van der Waals surface area contributed by atoms with Gasteiger partial charge in [0.15, 0.2) is 0 Å². The molecule has 0 spiro atoms. The van der Waals surface area contributed by atoms with E-state index in [4.69, 9.17) is 0 Å². The number of aromatic nitrogens is 2. The molecular formula is C15H19N2O2S-. The molecule has 20 heavy (non-hydrogen) atoms. The number of imidazole rings is 1. The van der Waals surface area contributed by atoms with Gasteiger partial charge in [-0.2, -0.15) is 0 Å². The number of rotatable bonds is 6. The third kappa shape index (κ3) is 3.55. The highest BCUT2D eigenvalue weighted by atomic mass is 32.2. The van der Waals surface area contributed by atoms with Gasteiger partial charge in [-0.15, -0.1) is 0 Å². The Bertz CT molecular complexity index is 552. The molecule has 0 N–H and O–H groups in total. The SMILES string of the molecule is CCC(CC(C)c1ccc(S(=O)[O-])cc1)n1ccnc1. The number of hydrogen-bond donors (Lipinski definition) is 0. The molecule has 0 saturated carbocycles. The summed E-state index contributed by atoms with van der Waals surface area (Å²) >= 11 is -2.15. The normalized spacial score (nSPS) is 15.8. The molecule has 0 radical (unpaired) electrons. The molecule has 0 bridgehead atoms. The summed E-state index contributed by atoms with van der Waals surface area (Å²) in [5.41, 5.74) is 1.16. The Hall–Kier alpha value is -1.46. The van der Waals surface area contributed by atoms with E-state index in [2.05, 4.69) is 23.4 Å². The number of hydrogen-bond acceptors (Lipinski definition) is 3. The summed E-state index contributed by atoms with van der Waals surface area (Å²) in [6.45, 7) is 4.34. The number of benzene rings is 1. The Balaban J connectivity index is 2.07. The summed E-state index contributed by atoms with van der Waals surface area (Å²) in [6, 6.07) is 7.54. The molecule has 0 aliphatic heterocycles. The second kappa shape index (κ2) is 6.81. The van der Waals surface area contributed by atoms with Gasteiger partial charge in [0.2, 0.25) is 0 Å².